The maximum Gasteiger partial charge on any atom is 0.245 e. The third kappa shape index (κ3) is 7.01. The minimum absolute atomic E-state index is 0. The first-order chi connectivity index (χ1) is 5.34. The molecule has 82 valence electrons. The number of hydrogen-bond donors (Lipinski definition) is 1. The zero-order valence-electron chi connectivity index (χ0n) is 8.58. The van der Waals surface area contributed by atoms with Crippen molar-refractivity contribution in [2.75, 3.05) is 13.1 Å². The highest BCUT2D eigenvalue weighted by atomic mass is 127. The van der Waals surface area contributed by atoms with Crippen LogP contribution in [-0.4, -0.2) is 23.9 Å². The molecular weight excluding hydrogens is 279 g/mol. The minimum Gasteiger partial charge on any atom is -0.344 e. The zero-order chi connectivity index (χ0) is 8.69. The smallest absolute Gasteiger partial charge is 0.245 e. The molecule has 1 aliphatic rings. The molecule has 0 aromatic heterocycles. The second-order valence-electron chi connectivity index (χ2n) is 2.24. The van der Waals surface area contributed by atoms with Crippen LogP contribution >= 0.6 is 24.0 Å². The molecule has 0 aromatic carbocycles. The van der Waals surface area contributed by atoms with Crippen LogP contribution in [0.2, 0.25) is 0 Å². The van der Waals surface area contributed by atoms with Crippen molar-refractivity contribution in [3.63, 3.8) is 0 Å². The molecule has 0 aromatic rings. The zero-order valence-corrected chi connectivity index (χ0v) is 10.9. The van der Waals surface area contributed by atoms with Crippen LogP contribution in [0.25, 0.3) is 0 Å². The Bertz CT molecular complexity index is 139. The van der Waals surface area contributed by atoms with Crippen LogP contribution in [0.15, 0.2) is 12.7 Å². The lowest BCUT2D eigenvalue weighted by atomic mass is 10.4. The number of nitrogens with zero attached hydrogens (tertiary/aromatic N) is 1. The topological polar surface area (TPSA) is 55.3 Å². The van der Waals surface area contributed by atoms with Crippen molar-refractivity contribution in [3.05, 3.63) is 12.7 Å². The summed E-state index contributed by atoms with van der Waals surface area (Å²) in [5, 5.41) is 0. The number of hydrogen-bond acceptors (Lipinski definition) is 2. The van der Waals surface area contributed by atoms with E-state index in [1.807, 2.05) is 18.7 Å². The normalized spacial score (nSPS) is 12.9. The van der Waals surface area contributed by atoms with Crippen molar-refractivity contribution in [3.8, 4) is 0 Å². The van der Waals surface area contributed by atoms with E-state index in [9.17, 15) is 4.79 Å². The van der Waals surface area contributed by atoms with E-state index >= 15 is 0 Å². The molecule has 0 atom stereocenters. The Kier molecular flexibility index (Phi) is 17.1. The van der Waals surface area contributed by atoms with Gasteiger partial charge in [-0.1, -0.05) is 20.4 Å². The van der Waals surface area contributed by atoms with Crippen molar-refractivity contribution in [2.24, 2.45) is 0 Å². The third-order valence-corrected chi connectivity index (χ3v) is 1.59. The maximum absolute atomic E-state index is 10.8. The van der Waals surface area contributed by atoms with Gasteiger partial charge < -0.3 is 11.1 Å². The highest BCUT2D eigenvalue weighted by molar-refractivity contribution is 14.0. The van der Waals surface area contributed by atoms with E-state index < -0.39 is 0 Å². The van der Waals surface area contributed by atoms with Crippen molar-refractivity contribution in [2.45, 2.75) is 26.7 Å². The highest BCUT2D eigenvalue weighted by Gasteiger charge is 2.13. The monoisotopic (exact) mass is 302 g/mol. The number of rotatable bonds is 1. The number of likely N-dealkylation sites (tertiary alicyclic amines) is 1. The van der Waals surface area contributed by atoms with Crippen molar-refractivity contribution in [1.29, 1.82) is 0 Å². The second-order valence-corrected chi connectivity index (χ2v) is 2.24. The quantitative estimate of drug-likeness (QED) is 0.598. The molecule has 0 unspecified atom stereocenters. The molecule has 1 fully saturated rings. The van der Waals surface area contributed by atoms with Gasteiger partial charge in [-0.3, -0.25) is 4.79 Å². The molecular formula is C9H23IN2O. The lowest BCUT2D eigenvalue weighted by molar-refractivity contribution is -0.124. The standard InChI is InChI=1S/C7H11NO.C2H6.HI.H3N.H2/c1-2-7(9)8-5-3-4-6-8;1-2;;;/h2H,1,3-6H2;1-2H3;1H;1H3;1H. The average molecular weight is 302 g/mol. The first-order valence-corrected chi connectivity index (χ1v) is 4.26. The van der Waals surface area contributed by atoms with Crippen LogP contribution < -0.4 is 6.15 Å². The fourth-order valence-corrected chi connectivity index (χ4v) is 1.07. The second kappa shape index (κ2) is 11.9. The molecule has 0 aliphatic carbocycles. The van der Waals surface area contributed by atoms with Gasteiger partial charge in [-0.05, 0) is 18.9 Å². The Labute approximate surface area is 99.7 Å². The molecule has 1 saturated heterocycles. The van der Waals surface area contributed by atoms with Crippen molar-refractivity contribution in [1.82, 2.24) is 11.1 Å². The van der Waals surface area contributed by atoms with Gasteiger partial charge in [-0.15, -0.1) is 24.0 Å². The Hall–Kier alpha value is -0.100. The molecule has 0 saturated carbocycles. The number of carbonyl (C=O) groups excluding carboxylic acids is 1. The van der Waals surface area contributed by atoms with E-state index in [1.54, 1.807) is 0 Å². The van der Waals surface area contributed by atoms with E-state index in [2.05, 4.69) is 6.58 Å². The summed E-state index contributed by atoms with van der Waals surface area (Å²) in [6.07, 6.45) is 3.68. The van der Waals surface area contributed by atoms with Crippen LogP contribution in [0.3, 0.4) is 0 Å². The van der Waals surface area contributed by atoms with Gasteiger partial charge in [-0.25, -0.2) is 0 Å². The van der Waals surface area contributed by atoms with Crippen LogP contribution in [-0.2, 0) is 4.79 Å². The molecule has 0 bridgehead atoms. The number of amides is 1. The van der Waals surface area contributed by atoms with Gasteiger partial charge in [0.2, 0.25) is 5.91 Å². The first-order valence-electron chi connectivity index (χ1n) is 4.26. The Morgan fingerprint density at radius 1 is 1.38 bits per heavy atom. The summed E-state index contributed by atoms with van der Waals surface area (Å²) in [6.45, 7) is 9.26. The van der Waals surface area contributed by atoms with Gasteiger partial charge in [0.25, 0.3) is 0 Å². The largest absolute Gasteiger partial charge is 0.344 e. The van der Waals surface area contributed by atoms with Gasteiger partial charge in [-0.2, -0.15) is 0 Å². The Morgan fingerprint density at radius 2 is 1.77 bits per heavy atom. The molecule has 3 N–H and O–H groups in total. The lowest BCUT2D eigenvalue weighted by Crippen LogP contribution is -2.25. The average Bonchev–Trinajstić information content (AvgIpc) is 2.59. The van der Waals surface area contributed by atoms with Gasteiger partial charge in [0, 0.05) is 14.5 Å². The van der Waals surface area contributed by atoms with Crippen LogP contribution in [0, 0.1) is 0 Å². The van der Waals surface area contributed by atoms with Gasteiger partial charge >= 0.3 is 0 Å². The predicted molar refractivity (Wildman–Crippen MR) is 69.9 cm³/mol. The van der Waals surface area contributed by atoms with E-state index in [0.29, 0.717) is 0 Å². The molecule has 0 spiro atoms. The minimum atomic E-state index is 0. The fraction of sp³-hybridized carbons (Fsp3) is 0.667. The summed E-state index contributed by atoms with van der Waals surface area (Å²) < 4.78 is 0. The third-order valence-electron chi connectivity index (χ3n) is 1.59. The fourth-order valence-electron chi connectivity index (χ4n) is 1.07. The molecule has 3 nitrogen and oxygen atoms in total. The first kappa shape index (κ1) is 18.6. The van der Waals surface area contributed by atoms with Crippen LogP contribution in [0.1, 0.15) is 28.1 Å². The summed E-state index contributed by atoms with van der Waals surface area (Å²) in [5.41, 5.74) is 0. The van der Waals surface area contributed by atoms with E-state index in [-0.39, 0.29) is 37.5 Å². The Balaban J connectivity index is -0.0000000942. The van der Waals surface area contributed by atoms with Gasteiger partial charge in [0.05, 0.1) is 0 Å². The van der Waals surface area contributed by atoms with Gasteiger partial charge in [0.15, 0.2) is 0 Å². The number of carbonyl (C=O) groups is 1. The molecule has 1 aliphatic heterocycles. The molecule has 4 heteroatoms. The Morgan fingerprint density at radius 3 is 2.08 bits per heavy atom. The van der Waals surface area contributed by atoms with Gasteiger partial charge in [0.1, 0.15) is 0 Å². The molecule has 0 radical (unpaired) electrons. The number of halogens is 1. The van der Waals surface area contributed by atoms with E-state index in [1.165, 1.54) is 6.08 Å². The summed E-state index contributed by atoms with van der Waals surface area (Å²) in [5.74, 6) is 0.0764. The SMILES string of the molecule is C=CC(=O)N1CCCC1.CC.I.N.[HH]. The van der Waals surface area contributed by atoms with E-state index in [0.717, 1.165) is 25.9 Å². The summed E-state index contributed by atoms with van der Waals surface area (Å²) >= 11 is 0. The molecule has 1 heterocycles. The van der Waals surface area contributed by atoms with Crippen LogP contribution in [0.4, 0.5) is 0 Å². The summed E-state index contributed by atoms with van der Waals surface area (Å²) in [7, 11) is 0. The summed E-state index contributed by atoms with van der Waals surface area (Å²) in [6, 6.07) is 0. The molecule has 1 rings (SSSR count). The van der Waals surface area contributed by atoms with Crippen molar-refractivity contribution < 1.29 is 6.22 Å². The highest BCUT2D eigenvalue weighted by Crippen LogP contribution is 2.06. The molecule has 1 amide bonds. The van der Waals surface area contributed by atoms with Crippen molar-refractivity contribution >= 4 is 29.9 Å². The van der Waals surface area contributed by atoms with E-state index in [4.69, 9.17) is 0 Å². The summed E-state index contributed by atoms with van der Waals surface area (Å²) in [4.78, 5) is 12.6. The lowest BCUT2D eigenvalue weighted by Gasteiger charge is -2.10. The predicted octanol–water partition coefficient (Wildman–Crippen LogP) is 2.85. The maximum atomic E-state index is 10.8. The molecule has 13 heavy (non-hydrogen) atoms. The van der Waals surface area contributed by atoms with Crippen LogP contribution in [0.5, 0.6) is 0 Å².